The molecule has 1 fully saturated rings. The van der Waals surface area contributed by atoms with E-state index in [4.69, 9.17) is 4.74 Å². The number of ether oxygens (including phenoxy) is 1. The Hall–Kier alpha value is -1.69. The van der Waals surface area contributed by atoms with Gasteiger partial charge in [0.25, 0.3) is 5.91 Å². The van der Waals surface area contributed by atoms with Crippen LogP contribution < -0.4 is 10.6 Å². The third kappa shape index (κ3) is 4.39. The second kappa shape index (κ2) is 7.93. The zero-order chi connectivity index (χ0) is 15.1. The van der Waals surface area contributed by atoms with Gasteiger partial charge < -0.3 is 15.4 Å². The van der Waals surface area contributed by atoms with Crippen LogP contribution in [-0.2, 0) is 4.74 Å². The summed E-state index contributed by atoms with van der Waals surface area (Å²) in [6.07, 6.45) is 7.62. The number of hydrogen-bond donors (Lipinski definition) is 2. The van der Waals surface area contributed by atoms with E-state index >= 15 is 0 Å². The molecule has 0 radical (unpaired) electrons. The van der Waals surface area contributed by atoms with Crippen molar-refractivity contribution < 1.29 is 13.9 Å². The SMILES string of the molecule is CNc1nccc(C(=O)NCCOC2CCCCC2)c1F. The average Bonchev–Trinajstić information content (AvgIpc) is 2.52. The van der Waals surface area contributed by atoms with Crippen molar-refractivity contribution in [2.45, 2.75) is 38.2 Å². The van der Waals surface area contributed by atoms with E-state index in [2.05, 4.69) is 15.6 Å². The summed E-state index contributed by atoms with van der Waals surface area (Å²) in [5, 5.41) is 5.28. The van der Waals surface area contributed by atoms with E-state index in [1.165, 1.54) is 31.5 Å². The molecule has 21 heavy (non-hydrogen) atoms. The molecule has 6 heteroatoms. The van der Waals surface area contributed by atoms with Gasteiger partial charge in [0.2, 0.25) is 0 Å². The maximum absolute atomic E-state index is 13.9. The summed E-state index contributed by atoms with van der Waals surface area (Å²) in [7, 11) is 1.56. The number of carbonyl (C=O) groups is 1. The molecular formula is C15H22FN3O2. The molecule has 1 saturated carbocycles. The van der Waals surface area contributed by atoms with Gasteiger partial charge in [-0.25, -0.2) is 9.37 Å². The van der Waals surface area contributed by atoms with Gasteiger partial charge in [-0.15, -0.1) is 0 Å². The number of halogens is 1. The monoisotopic (exact) mass is 295 g/mol. The molecule has 1 aromatic rings. The molecule has 1 aromatic heterocycles. The topological polar surface area (TPSA) is 63.2 Å². The van der Waals surface area contributed by atoms with E-state index < -0.39 is 11.7 Å². The molecule has 0 saturated heterocycles. The lowest BCUT2D eigenvalue weighted by molar-refractivity contribution is 0.0299. The lowest BCUT2D eigenvalue weighted by Crippen LogP contribution is -2.30. The van der Waals surface area contributed by atoms with Crippen molar-refractivity contribution in [3.8, 4) is 0 Å². The highest BCUT2D eigenvalue weighted by molar-refractivity contribution is 5.95. The fourth-order valence-corrected chi connectivity index (χ4v) is 2.51. The van der Waals surface area contributed by atoms with E-state index in [-0.39, 0.29) is 11.4 Å². The first kappa shape index (κ1) is 15.7. The van der Waals surface area contributed by atoms with E-state index in [1.807, 2.05) is 0 Å². The molecule has 5 nitrogen and oxygen atoms in total. The van der Waals surface area contributed by atoms with Crippen molar-refractivity contribution in [3.05, 3.63) is 23.6 Å². The van der Waals surface area contributed by atoms with Crippen molar-refractivity contribution in [3.63, 3.8) is 0 Å². The number of rotatable bonds is 6. The molecule has 1 aliphatic carbocycles. The van der Waals surface area contributed by atoms with Gasteiger partial charge in [0, 0.05) is 19.8 Å². The van der Waals surface area contributed by atoms with Crippen LogP contribution in [-0.4, -0.2) is 37.2 Å². The Bertz CT molecular complexity index is 476. The highest BCUT2D eigenvalue weighted by Crippen LogP contribution is 2.20. The number of pyridine rings is 1. The third-order valence-corrected chi connectivity index (χ3v) is 3.66. The second-order valence-corrected chi connectivity index (χ2v) is 5.16. The van der Waals surface area contributed by atoms with Gasteiger partial charge in [0.15, 0.2) is 11.6 Å². The van der Waals surface area contributed by atoms with E-state index in [9.17, 15) is 9.18 Å². The standard InChI is InChI=1S/C15H22FN3O2/c1-17-14-13(16)12(7-8-18-14)15(20)19-9-10-21-11-5-3-2-4-6-11/h7-8,11H,2-6,9-10H2,1H3,(H,17,18)(H,19,20). The van der Waals surface area contributed by atoms with Crippen LogP contribution in [0.15, 0.2) is 12.3 Å². The van der Waals surface area contributed by atoms with Crippen LogP contribution in [0.4, 0.5) is 10.2 Å². The fourth-order valence-electron chi connectivity index (χ4n) is 2.51. The summed E-state index contributed by atoms with van der Waals surface area (Å²) in [5.41, 5.74) is -0.00739. The van der Waals surface area contributed by atoms with Crippen LogP contribution >= 0.6 is 0 Å². The number of hydrogen-bond acceptors (Lipinski definition) is 4. The number of nitrogens with zero attached hydrogens (tertiary/aromatic N) is 1. The quantitative estimate of drug-likeness (QED) is 0.791. The first-order chi connectivity index (χ1) is 10.2. The average molecular weight is 295 g/mol. The van der Waals surface area contributed by atoms with Crippen molar-refractivity contribution in [1.82, 2.24) is 10.3 Å². The third-order valence-electron chi connectivity index (χ3n) is 3.66. The predicted octanol–water partition coefficient (Wildman–Crippen LogP) is 2.34. The molecule has 1 aliphatic rings. The van der Waals surface area contributed by atoms with Crippen LogP contribution in [0.2, 0.25) is 0 Å². The van der Waals surface area contributed by atoms with E-state index in [0.717, 1.165) is 12.8 Å². The van der Waals surface area contributed by atoms with E-state index in [0.29, 0.717) is 19.3 Å². The van der Waals surface area contributed by atoms with Crippen molar-refractivity contribution in [2.24, 2.45) is 0 Å². The Morgan fingerprint density at radius 2 is 2.19 bits per heavy atom. The minimum atomic E-state index is -0.634. The van der Waals surface area contributed by atoms with Crippen molar-refractivity contribution in [1.29, 1.82) is 0 Å². The number of amides is 1. The Morgan fingerprint density at radius 3 is 2.90 bits per heavy atom. The molecule has 0 atom stereocenters. The lowest BCUT2D eigenvalue weighted by Gasteiger charge is -2.22. The fraction of sp³-hybridized carbons (Fsp3) is 0.600. The van der Waals surface area contributed by atoms with Gasteiger partial charge in [-0.1, -0.05) is 19.3 Å². The van der Waals surface area contributed by atoms with E-state index in [1.54, 1.807) is 7.05 Å². The number of nitrogens with one attached hydrogen (secondary N) is 2. The maximum Gasteiger partial charge on any atom is 0.254 e. The molecule has 0 aliphatic heterocycles. The van der Waals surface area contributed by atoms with Crippen LogP contribution in [0.1, 0.15) is 42.5 Å². The second-order valence-electron chi connectivity index (χ2n) is 5.16. The van der Waals surface area contributed by atoms with Gasteiger partial charge in [-0.05, 0) is 18.9 Å². The number of aromatic nitrogens is 1. The molecule has 0 bridgehead atoms. The summed E-state index contributed by atoms with van der Waals surface area (Å²) in [4.78, 5) is 15.7. The molecule has 116 valence electrons. The first-order valence-electron chi connectivity index (χ1n) is 7.44. The van der Waals surface area contributed by atoms with Crippen LogP contribution in [0, 0.1) is 5.82 Å². The molecule has 2 N–H and O–H groups in total. The maximum atomic E-state index is 13.9. The zero-order valence-electron chi connectivity index (χ0n) is 12.3. The summed E-state index contributed by atoms with van der Waals surface area (Å²) in [6.45, 7) is 0.841. The zero-order valence-corrected chi connectivity index (χ0v) is 12.3. The molecule has 0 aromatic carbocycles. The largest absolute Gasteiger partial charge is 0.376 e. The van der Waals surface area contributed by atoms with Gasteiger partial charge in [0.05, 0.1) is 18.3 Å². The molecule has 1 heterocycles. The van der Waals surface area contributed by atoms with Crippen molar-refractivity contribution >= 4 is 11.7 Å². The van der Waals surface area contributed by atoms with Crippen LogP contribution in [0.25, 0.3) is 0 Å². The normalized spacial score (nSPS) is 15.7. The highest BCUT2D eigenvalue weighted by atomic mass is 19.1. The minimum absolute atomic E-state index is 0.00739. The van der Waals surface area contributed by atoms with Gasteiger partial charge >= 0.3 is 0 Å². The molecule has 2 rings (SSSR count). The summed E-state index contributed by atoms with van der Waals surface area (Å²) in [6, 6.07) is 1.37. The van der Waals surface area contributed by atoms with Gasteiger partial charge in [-0.3, -0.25) is 4.79 Å². The van der Waals surface area contributed by atoms with Crippen molar-refractivity contribution in [2.75, 3.05) is 25.5 Å². The minimum Gasteiger partial charge on any atom is -0.376 e. The highest BCUT2D eigenvalue weighted by Gasteiger charge is 2.16. The Balaban J connectivity index is 1.76. The predicted molar refractivity (Wildman–Crippen MR) is 78.9 cm³/mol. The first-order valence-corrected chi connectivity index (χ1v) is 7.44. The summed E-state index contributed by atoms with van der Waals surface area (Å²) < 4.78 is 19.6. The Kier molecular flexibility index (Phi) is 5.92. The Labute approximate surface area is 124 Å². The number of anilines is 1. The van der Waals surface area contributed by atoms with Crippen LogP contribution in [0.3, 0.4) is 0 Å². The number of carbonyl (C=O) groups excluding carboxylic acids is 1. The summed E-state index contributed by atoms with van der Waals surface area (Å²) in [5.74, 6) is -1.01. The molecule has 0 spiro atoms. The molecular weight excluding hydrogens is 273 g/mol. The molecule has 1 amide bonds. The molecule has 0 unspecified atom stereocenters. The van der Waals surface area contributed by atoms with Gasteiger partial charge in [-0.2, -0.15) is 0 Å². The summed E-state index contributed by atoms with van der Waals surface area (Å²) >= 11 is 0. The lowest BCUT2D eigenvalue weighted by atomic mass is 9.98. The van der Waals surface area contributed by atoms with Gasteiger partial charge in [0.1, 0.15) is 0 Å². The smallest absolute Gasteiger partial charge is 0.254 e. The Morgan fingerprint density at radius 1 is 1.43 bits per heavy atom. The van der Waals surface area contributed by atoms with Crippen LogP contribution in [0.5, 0.6) is 0 Å².